The van der Waals surface area contributed by atoms with Crippen LogP contribution >= 0.6 is 0 Å². The quantitative estimate of drug-likeness (QED) is 0.440. The first kappa shape index (κ1) is 18.8. The van der Waals surface area contributed by atoms with E-state index in [0.717, 1.165) is 33.9 Å². The van der Waals surface area contributed by atoms with Crippen LogP contribution in [0.15, 0.2) is 48.7 Å². The molecule has 32 heavy (non-hydrogen) atoms. The van der Waals surface area contributed by atoms with Crippen molar-refractivity contribution in [3.63, 3.8) is 0 Å². The van der Waals surface area contributed by atoms with Gasteiger partial charge in [0.05, 0.1) is 11.7 Å². The molecule has 3 N–H and O–H groups in total. The zero-order chi connectivity index (χ0) is 21.8. The number of fused-ring (bicyclic) bond motifs is 1. The summed E-state index contributed by atoms with van der Waals surface area (Å²) in [6, 6.07) is 13.9. The number of imidazole rings is 1. The number of aromatic amines is 1. The molecule has 1 aliphatic carbocycles. The van der Waals surface area contributed by atoms with Crippen molar-refractivity contribution in [3.8, 4) is 17.1 Å². The molecule has 4 aromatic rings. The molecule has 8 nitrogen and oxygen atoms in total. The van der Waals surface area contributed by atoms with Crippen LogP contribution in [0.4, 0.5) is 11.6 Å². The van der Waals surface area contributed by atoms with Gasteiger partial charge in [-0.05, 0) is 74.7 Å². The number of rotatable bonds is 5. The Balaban J connectivity index is 1.20. The fraction of sp³-hybridized carbons (Fsp3) is 0.250. The minimum atomic E-state index is -0.0303. The van der Waals surface area contributed by atoms with Crippen LogP contribution in [0, 0.1) is 6.92 Å². The van der Waals surface area contributed by atoms with Gasteiger partial charge < -0.3 is 15.2 Å². The Morgan fingerprint density at radius 3 is 2.69 bits per heavy atom. The van der Waals surface area contributed by atoms with E-state index < -0.39 is 0 Å². The summed E-state index contributed by atoms with van der Waals surface area (Å²) in [7, 11) is 0. The normalized spacial score (nSPS) is 17.3. The Morgan fingerprint density at radius 1 is 1.09 bits per heavy atom. The predicted octanol–water partition coefficient (Wildman–Crippen LogP) is 4.39. The van der Waals surface area contributed by atoms with E-state index in [1.165, 1.54) is 18.5 Å². The Kier molecular flexibility index (Phi) is 4.14. The molecule has 6 rings (SSSR count). The molecule has 2 aromatic heterocycles. The summed E-state index contributed by atoms with van der Waals surface area (Å²) in [6.07, 6.45) is 4.65. The Bertz CT molecular complexity index is 1330. The molecule has 1 aliphatic heterocycles. The molecule has 1 unspecified atom stereocenters. The molecule has 1 fully saturated rings. The van der Waals surface area contributed by atoms with Crippen molar-refractivity contribution in [3.05, 3.63) is 71.3 Å². The fourth-order valence-corrected chi connectivity index (χ4v) is 4.25. The predicted molar refractivity (Wildman–Crippen MR) is 121 cm³/mol. The lowest BCUT2D eigenvalue weighted by atomic mass is 10.1. The zero-order valence-electron chi connectivity index (χ0n) is 17.9. The van der Waals surface area contributed by atoms with Gasteiger partial charge in [0, 0.05) is 34.6 Å². The Morgan fingerprint density at radius 2 is 1.91 bits per heavy atom. The summed E-state index contributed by atoms with van der Waals surface area (Å²) in [4.78, 5) is 21.2. The van der Waals surface area contributed by atoms with Crippen molar-refractivity contribution in [1.29, 1.82) is 0 Å². The van der Waals surface area contributed by atoms with E-state index in [1.807, 2.05) is 44.2 Å². The summed E-state index contributed by atoms with van der Waals surface area (Å²) in [5, 5.41) is 13.4. The highest BCUT2D eigenvalue weighted by molar-refractivity contribution is 5.99. The second-order valence-electron chi connectivity index (χ2n) is 8.53. The number of carbonyl (C=O) groups excluding carboxylic acids is 1. The molecule has 160 valence electrons. The smallest absolute Gasteiger partial charge is 0.252 e. The maximum Gasteiger partial charge on any atom is 0.252 e. The van der Waals surface area contributed by atoms with E-state index in [4.69, 9.17) is 4.98 Å². The lowest BCUT2D eigenvalue weighted by Gasteiger charge is -2.07. The van der Waals surface area contributed by atoms with Gasteiger partial charge in [-0.3, -0.25) is 9.89 Å². The molecule has 0 spiro atoms. The molecule has 0 bridgehead atoms. The molecular weight excluding hydrogens is 402 g/mol. The summed E-state index contributed by atoms with van der Waals surface area (Å²) in [5.74, 6) is 2.78. The van der Waals surface area contributed by atoms with Gasteiger partial charge in [-0.15, -0.1) is 5.10 Å². The number of amides is 1. The average Bonchev–Trinajstić information content (AvgIpc) is 3.32. The molecule has 0 saturated heterocycles. The number of aryl methyl sites for hydroxylation is 1. The molecule has 3 heterocycles. The van der Waals surface area contributed by atoms with Crippen LogP contribution in [-0.4, -0.2) is 30.6 Å². The van der Waals surface area contributed by atoms with Gasteiger partial charge in [0.2, 0.25) is 5.95 Å². The van der Waals surface area contributed by atoms with Gasteiger partial charge in [-0.2, -0.15) is 4.98 Å². The van der Waals surface area contributed by atoms with Crippen molar-refractivity contribution in [2.24, 2.45) is 0 Å². The number of anilines is 2. The van der Waals surface area contributed by atoms with Crippen molar-refractivity contribution in [2.45, 2.75) is 38.6 Å². The largest absolute Gasteiger partial charge is 0.345 e. The standard InChI is InChI=1S/C24H23N7O/c1-13-20-11-17(7-10-19(20)23(32)25-13)27-24-28-22(29-30-24)16-5-8-18(9-6-16)31-12-21(15-3-4-15)26-14(31)2/h5-13,15H,3-4H2,1-2H3,(H,25,32)(H2,27,28,29,30). The molecular formula is C24H23N7O. The lowest BCUT2D eigenvalue weighted by molar-refractivity contribution is 0.0958. The van der Waals surface area contributed by atoms with Crippen molar-refractivity contribution in [1.82, 2.24) is 30.0 Å². The van der Waals surface area contributed by atoms with Crippen LogP contribution in [0.3, 0.4) is 0 Å². The van der Waals surface area contributed by atoms with E-state index in [-0.39, 0.29) is 11.9 Å². The summed E-state index contributed by atoms with van der Waals surface area (Å²) in [5.41, 5.74) is 5.77. The van der Waals surface area contributed by atoms with Crippen LogP contribution in [-0.2, 0) is 0 Å². The highest BCUT2D eigenvalue weighted by Crippen LogP contribution is 2.39. The minimum Gasteiger partial charge on any atom is -0.345 e. The Hall–Kier alpha value is -3.94. The third-order valence-electron chi connectivity index (χ3n) is 6.17. The van der Waals surface area contributed by atoms with Gasteiger partial charge in [0.25, 0.3) is 5.91 Å². The molecule has 2 aromatic carbocycles. The first-order valence-electron chi connectivity index (χ1n) is 10.9. The Labute approximate surface area is 185 Å². The van der Waals surface area contributed by atoms with Gasteiger partial charge in [-0.25, -0.2) is 4.98 Å². The van der Waals surface area contributed by atoms with E-state index in [9.17, 15) is 4.79 Å². The monoisotopic (exact) mass is 425 g/mol. The van der Waals surface area contributed by atoms with E-state index >= 15 is 0 Å². The van der Waals surface area contributed by atoms with Gasteiger partial charge >= 0.3 is 0 Å². The number of carbonyl (C=O) groups is 1. The van der Waals surface area contributed by atoms with Gasteiger partial charge in [0.1, 0.15) is 5.82 Å². The van der Waals surface area contributed by atoms with Gasteiger partial charge in [-0.1, -0.05) is 0 Å². The maximum absolute atomic E-state index is 11.9. The second-order valence-corrected chi connectivity index (χ2v) is 8.53. The molecule has 8 heteroatoms. The molecule has 0 radical (unpaired) electrons. The third-order valence-corrected chi connectivity index (χ3v) is 6.17. The van der Waals surface area contributed by atoms with Crippen LogP contribution in [0.5, 0.6) is 0 Å². The summed E-state index contributed by atoms with van der Waals surface area (Å²) >= 11 is 0. The van der Waals surface area contributed by atoms with Crippen molar-refractivity contribution >= 4 is 17.5 Å². The number of nitrogens with zero attached hydrogens (tertiary/aromatic N) is 4. The SMILES string of the molecule is Cc1nc(C2CC2)cn1-c1ccc(-c2nc(Nc3ccc4c(c3)C(C)NC4=O)n[nH]2)cc1. The number of H-pyrrole nitrogens is 1. The number of nitrogens with one attached hydrogen (secondary N) is 3. The third kappa shape index (κ3) is 3.24. The minimum absolute atomic E-state index is 0.0000402. The number of hydrogen-bond acceptors (Lipinski definition) is 5. The van der Waals surface area contributed by atoms with Gasteiger partial charge in [0.15, 0.2) is 5.82 Å². The molecule has 2 aliphatic rings. The van der Waals surface area contributed by atoms with E-state index in [2.05, 4.69) is 48.7 Å². The van der Waals surface area contributed by atoms with Crippen LogP contribution < -0.4 is 10.6 Å². The maximum atomic E-state index is 11.9. The summed E-state index contributed by atoms with van der Waals surface area (Å²) in [6.45, 7) is 4.01. The van der Waals surface area contributed by atoms with Crippen LogP contribution in [0.25, 0.3) is 17.1 Å². The first-order valence-corrected chi connectivity index (χ1v) is 10.9. The molecule has 1 amide bonds. The van der Waals surface area contributed by atoms with Crippen molar-refractivity contribution in [2.75, 3.05) is 5.32 Å². The highest BCUT2D eigenvalue weighted by Gasteiger charge is 2.27. The van der Waals surface area contributed by atoms with Crippen molar-refractivity contribution < 1.29 is 4.79 Å². The van der Waals surface area contributed by atoms with E-state index in [1.54, 1.807) is 0 Å². The van der Waals surface area contributed by atoms with Crippen LogP contribution in [0.1, 0.15) is 59.2 Å². The molecule has 1 saturated carbocycles. The number of hydrogen-bond donors (Lipinski definition) is 3. The lowest BCUT2D eigenvalue weighted by Crippen LogP contribution is -2.16. The first-order chi connectivity index (χ1) is 15.5. The van der Waals surface area contributed by atoms with Crippen LogP contribution in [0.2, 0.25) is 0 Å². The average molecular weight is 425 g/mol. The topological polar surface area (TPSA) is 101 Å². The zero-order valence-corrected chi connectivity index (χ0v) is 17.9. The molecule has 1 atom stereocenters. The fourth-order valence-electron chi connectivity index (χ4n) is 4.25. The second kappa shape index (κ2) is 7.05. The highest BCUT2D eigenvalue weighted by atomic mass is 16.2. The van der Waals surface area contributed by atoms with E-state index in [0.29, 0.717) is 17.7 Å². The number of benzene rings is 2. The number of aromatic nitrogens is 5. The summed E-state index contributed by atoms with van der Waals surface area (Å²) < 4.78 is 2.14.